The van der Waals surface area contributed by atoms with Crippen LogP contribution in [0, 0.1) is 0 Å². The average Bonchev–Trinajstić information content (AvgIpc) is 1.97. The van der Waals surface area contributed by atoms with Gasteiger partial charge in [0.1, 0.15) is 0 Å². The van der Waals surface area contributed by atoms with Crippen molar-refractivity contribution in [2.75, 3.05) is 22.9 Å². The molecular formula is C6H11N4P. The molecule has 5 heteroatoms. The minimum absolute atomic E-state index is 0.460. The fourth-order valence-corrected chi connectivity index (χ4v) is 1.11. The Balaban J connectivity index is 3.46. The van der Waals surface area contributed by atoms with E-state index < -0.39 is 0 Å². The summed E-state index contributed by atoms with van der Waals surface area (Å²) < 4.78 is 0. The van der Waals surface area contributed by atoms with Crippen molar-refractivity contribution in [2.24, 2.45) is 0 Å². The van der Waals surface area contributed by atoms with E-state index in [9.17, 15) is 0 Å². The normalized spacial score (nSPS) is 9.91. The van der Waals surface area contributed by atoms with Crippen molar-refractivity contribution in [3.8, 4) is 0 Å². The van der Waals surface area contributed by atoms with Crippen LogP contribution in [0.15, 0.2) is 6.07 Å². The molecule has 0 spiro atoms. The predicted octanol–water partition coefficient (Wildman–Crippen LogP) is -0.484. The molecule has 1 aromatic rings. The summed E-state index contributed by atoms with van der Waals surface area (Å²) in [5, 5.41) is 0.669. The van der Waals surface area contributed by atoms with Crippen LogP contribution in [0.3, 0.4) is 0 Å². The van der Waals surface area contributed by atoms with Crippen LogP contribution < -0.4 is 28.2 Å². The Labute approximate surface area is 67.1 Å². The first-order valence-electron chi connectivity index (χ1n) is 3.02. The highest BCUT2D eigenvalue weighted by Crippen LogP contribution is 2.24. The third kappa shape index (κ3) is 1.17. The van der Waals surface area contributed by atoms with Crippen LogP contribution in [-0.4, -0.2) is 0 Å². The molecule has 0 heterocycles. The van der Waals surface area contributed by atoms with Gasteiger partial charge >= 0.3 is 0 Å². The number of anilines is 4. The molecule has 1 rings (SSSR count). The molecule has 0 fully saturated rings. The molecule has 0 aromatic heterocycles. The first-order chi connectivity index (χ1) is 5.04. The molecule has 0 bridgehead atoms. The van der Waals surface area contributed by atoms with Crippen LogP contribution in [0.5, 0.6) is 0 Å². The van der Waals surface area contributed by atoms with E-state index in [2.05, 4.69) is 9.24 Å². The number of nitrogen functional groups attached to an aromatic ring is 4. The Morgan fingerprint density at radius 2 is 1.27 bits per heavy atom. The Hall–Kier alpha value is -1.15. The Morgan fingerprint density at radius 3 is 1.64 bits per heavy atom. The van der Waals surface area contributed by atoms with Gasteiger partial charge in [0, 0.05) is 5.30 Å². The average molecular weight is 170 g/mol. The molecule has 60 valence electrons. The van der Waals surface area contributed by atoms with Gasteiger partial charge in [-0.3, -0.25) is 0 Å². The van der Waals surface area contributed by atoms with Crippen LogP contribution in [0.25, 0.3) is 0 Å². The molecule has 1 unspecified atom stereocenters. The minimum atomic E-state index is 0.460. The lowest BCUT2D eigenvalue weighted by molar-refractivity contribution is 1.68. The van der Waals surface area contributed by atoms with Crippen LogP contribution in [-0.2, 0) is 0 Å². The Morgan fingerprint density at radius 1 is 0.909 bits per heavy atom. The molecule has 1 atom stereocenters. The number of hydrogen-bond donors (Lipinski definition) is 4. The molecule has 1 aromatic carbocycles. The van der Waals surface area contributed by atoms with Gasteiger partial charge in [0.05, 0.1) is 22.7 Å². The van der Waals surface area contributed by atoms with E-state index in [1.807, 2.05) is 0 Å². The van der Waals surface area contributed by atoms with Gasteiger partial charge in [-0.1, -0.05) is 0 Å². The number of rotatable bonds is 0. The second-order valence-corrected chi connectivity index (χ2v) is 2.87. The fraction of sp³-hybridized carbons (Fsp3) is 0. The molecule has 0 amide bonds. The third-order valence-corrected chi connectivity index (χ3v) is 2.14. The summed E-state index contributed by atoms with van der Waals surface area (Å²) in [6.07, 6.45) is 0. The molecule has 8 N–H and O–H groups in total. The van der Waals surface area contributed by atoms with Gasteiger partial charge in [-0.15, -0.1) is 9.24 Å². The van der Waals surface area contributed by atoms with E-state index in [0.29, 0.717) is 28.1 Å². The summed E-state index contributed by atoms with van der Waals surface area (Å²) in [5.41, 5.74) is 24.0. The zero-order chi connectivity index (χ0) is 8.59. The van der Waals surface area contributed by atoms with Crippen molar-refractivity contribution < 1.29 is 0 Å². The molecule has 0 aliphatic rings. The van der Waals surface area contributed by atoms with Gasteiger partial charge in [0.25, 0.3) is 0 Å². The highest BCUT2D eigenvalue weighted by atomic mass is 31.0. The highest BCUT2D eigenvalue weighted by molar-refractivity contribution is 7.28. The number of benzene rings is 1. The highest BCUT2D eigenvalue weighted by Gasteiger charge is 2.05. The monoisotopic (exact) mass is 170 g/mol. The van der Waals surface area contributed by atoms with Crippen molar-refractivity contribution >= 4 is 37.3 Å². The van der Waals surface area contributed by atoms with E-state index in [1.165, 1.54) is 0 Å². The quantitative estimate of drug-likeness (QED) is 0.311. The Kier molecular flexibility index (Phi) is 1.79. The second kappa shape index (κ2) is 2.47. The largest absolute Gasteiger partial charge is 0.397 e. The molecule has 0 saturated heterocycles. The topological polar surface area (TPSA) is 104 Å². The lowest BCUT2D eigenvalue weighted by Gasteiger charge is -2.09. The van der Waals surface area contributed by atoms with Crippen molar-refractivity contribution in [2.45, 2.75) is 0 Å². The fourth-order valence-electron chi connectivity index (χ4n) is 0.779. The van der Waals surface area contributed by atoms with Crippen molar-refractivity contribution in [1.82, 2.24) is 0 Å². The summed E-state index contributed by atoms with van der Waals surface area (Å²) in [6.45, 7) is 0. The molecule has 0 aliphatic carbocycles. The van der Waals surface area contributed by atoms with Crippen molar-refractivity contribution in [1.29, 1.82) is 0 Å². The first-order valence-corrected chi connectivity index (χ1v) is 3.60. The molecular weight excluding hydrogens is 159 g/mol. The number of hydrogen-bond acceptors (Lipinski definition) is 4. The standard InChI is InChI=1S/C6H11N4P/c7-2-1-3(8)5(10)6(11)4(2)9/h1H,7-11H2. The van der Waals surface area contributed by atoms with E-state index in [1.54, 1.807) is 6.07 Å². The van der Waals surface area contributed by atoms with E-state index >= 15 is 0 Å². The van der Waals surface area contributed by atoms with Crippen molar-refractivity contribution in [3.05, 3.63) is 6.07 Å². The second-order valence-electron chi connectivity index (χ2n) is 2.30. The number of nitrogens with two attached hydrogens (primary N) is 4. The lowest BCUT2D eigenvalue weighted by atomic mass is 10.2. The summed E-state index contributed by atoms with van der Waals surface area (Å²) in [5.74, 6) is 0. The van der Waals surface area contributed by atoms with Gasteiger partial charge in [-0.2, -0.15) is 0 Å². The van der Waals surface area contributed by atoms with Gasteiger partial charge in [-0.05, 0) is 6.07 Å². The van der Waals surface area contributed by atoms with Crippen molar-refractivity contribution in [3.63, 3.8) is 0 Å². The summed E-state index contributed by atoms with van der Waals surface area (Å²) in [4.78, 5) is 0. The Bertz CT molecular complexity index is 271. The van der Waals surface area contributed by atoms with Crippen LogP contribution in [0.1, 0.15) is 0 Å². The zero-order valence-corrected chi connectivity index (χ0v) is 7.12. The van der Waals surface area contributed by atoms with E-state index in [4.69, 9.17) is 22.9 Å². The SMILES string of the molecule is Nc1cc(N)c(N)c(P)c1N. The summed E-state index contributed by atoms with van der Waals surface area (Å²) >= 11 is 0. The molecule has 0 radical (unpaired) electrons. The van der Waals surface area contributed by atoms with Gasteiger partial charge in [0.15, 0.2) is 0 Å². The maximum Gasteiger partial charge on any atom is 0.0642 e. The van der Waals surface area contributed by atoms with Crippen LogP contribution >= 0.6 is 9.24 Å². The maximum atomic E-state index is 5.57. The third-order valence-electron chi connectivity index (χ3n) is 1.51. The zero-order valence-electron chi connectivity index (χ0n) is 5.96. The van der Waals surface area contributed by atoms with Crippen LogP contribution in [0.2, 0.25) is 0 Å². The maximum absolute atomic E-state index is 5.57. The van der Waals surface area contributed by atoms with Gasteiger partial charge in [0.2, 0.25) is 0 Å². The minimum Gasteiger partial charge on any atom is -0.397 e. The molecule has 4 nitrogen and oxygen atoms in total. The van der Waals surface area contributed by atoms with Crippen LogP contribution in [0.4, 0.5) is 22.7 Å². The smallest absolute Gasteiger partial charge is 0.0642 e. The molecule has 0 saturated carbocycles. The predicted molar refractivity (Wildman–Crippen MR) is 53.4 cm³/mol. The van der Waals surface area contributed by atoms with Gasteiger partial charge < -0.3 is 22.9 Å². The molecule has 0 aliphatic heterocycles. The van der Waals surface area contributed by atoms with E-state index in [-0.39, 0.29) is 0 Å². The van der Waals surface area contributed by atoms with Gasteiger partial charge in [-0.25, -0.2) is 0 Å². The summed E-state index contributed by atoms with van der Waals surface area (Å²) in [7, 11) is 2.40. The molecule has 11 heavy (non-hydrogen) atoms. The lowest BCUT2D eigenvalue weighted by Crippen LogP contribution is -2.13. The summed E-state index contributed by atoms with van der Waals surface area (Å²) in [6, 6.07) is 1.55. The van der Waals surface area contributed by atoms with E-state index in [0.717, 1.165) is 0 Å². The first kappa shape index (κ1) is 7.95.